The maximum atomic E-state index is 12.8. The molecule has 4 heteroatoms. The molecule has 0 spiro atoms. The zero-order valence-corrected chi connectivity index (χ0v) is 15.5. The van der Waals surface area contributed by atoms with Gasteiger partial charge in [-0.1, -0.05) is 37.1 Å². The van der Waals surface area contributed by atoms with Gasteiger partial charge >= 0.3 is 0 Å². The molecule has 0 radical (unpaired) electrons. The maximum Gasteiger partial charge on any atom is 0.253 e. The van der Waals surface area contributed by atoms with Gasteiger partial charge in [-0.2, -0.15) is 0 Å². The number of likely N-dealkylation sites (tertiary alicyclic amines) is 1. The van der Waals surface area contributed by atoms with Gasteiger partial charge in [-0.15, -0.1) is 0 Å². The summed E-state index contributed by atoms with van der Waals surface area (Å²) in [5.41, 5.74) is 2.68. The second-order valence-electron chi connectivity index (χ2n) is 7.11. The second-order valence-corrected chi connectivity index (χ2v) is 7.11. The summed E-state index contributed by atoms with van der Waals surface area (Å²) in [6.45, 7) is 4.00. The number of rotatable bonds is 5. The van der Waals surface area contributed by atoms with Crippen LogP contribution in [0.5, 0.6) is 5.75 Å². The SMILES string of the molecule is CN(CCN1CCCCCC1)C(=O)c1cccc(-c2ccc(O)cc2)c1. The molecule has 0 saturated carbocycles. The molecule has 138 valence electrons. The molecule has 1 aliphatic rings. The highest BCUT2D eigenvalue weighted by molar-refractivity contribution is 5.95. The first-order chi connectivity index (χ1) is 12.6. The Morgan fingerprint density at radius 2 is 1.69 bits per heavy atom. The van der Waals surface area contributed by atoms with Crippen LogP contribution < -0.4 is 0 Å². The fourth-order valence-corrected chi connectivity index (χ4v) is 3.46. The zero-order chi connectivity index (χ0) is 18.4. The molecule has 1 saturated heterocycles. The van der Waals surface area contributed by atoms with Crippen molar-refractivity contribution >= 4 is 5.91 Å². The summed E-state index contributed by atoms with van der Waals surface area (Å²) >= 11 is 0. The lowest BCUT2D eigenvalue weighted by Crippen LogP contribution is -2.36. The average molecular weight is 352 g/mol. The van der Waals surface area contributed by atoms with Crippen LogP contribution in [0.3, 0.4) is 0 Å². The Morgan fingerprint density at radius 1 is 1.00 bits per heavy atom. The Hall–Kier alpha value is -2.33. The zero-order valence-electron chi connectivity index (χ0n) is 15.5. The van der Waals surface area contributed by atoms with E-state index in [1.807, 2.05) is 48.3 Å². The minimum atomic E-state index is 0.0560. The number of amides is 1. The molecule has 26 heavy (non-hydrogen) atoms. The molecule has 4 nitrogen and oxygen atoms in total. The lowest BCUT2D eigenvalue weighted by molar-refractivity contribution is 0.0778. The fraction of sp³-hybridized carbons (Fsp3) is 0.409. The number of carbonyl (C=O) groups is 1. The summed E-state index contributed by atoms with van der Waals surface area (Å²) in [6, 6.07) is 14.8. The minimum absolute atomic E-state index is 0.0560. The molecule has 0 aromatic heterocycles. The Morgan fingerprint density at radius 3 is 2.38 bits per heavy atom. The average Bonchev–Trinajstić information content (AvgIpc) is 2.95. The molecular weight excluding hydrogens is 324 g/mol. The van der Waals surface area contributed by atoms with Gasteiger partial charge in [-0.25, -0.2) is 0 Å². The molecule has 0 bridgehead atoms. The number of likely N-dealkylation sites (N-methyl/N-ethyl adjacent to an activating group) is 1. The number of phenolic OH excluding ortho intramolecular Hbond substituents is 1. The van der Waals surface area contributed by atoms with E-state index < -0.39 is 0 Å². The summed E-state index contributed by atoms with van der Waals surface area (Å²) in [4.78, 5) is 17.1. The van der Waals surface area contributed by atoms with E-state index in [1.165, 1.54) is 25.7 Å². The number of benzene rings is 2. The van der Waals surface area contributed by atoms with Gasteiger partial charge in [0.25, 0.3) is 5.91 Å². The standard InChI is InChI=1S/C22H28N2O2/c1-23(15-16-24-13-4-2-3-5-14-24)22(26)20-8-6-7-19(17-20)18-9-11-21(25)12-10-18/h6-12,17,25H,2-5,13-16H2,1H3. The van der Waals surface area contributed by atoms with E-state index in [0.29, 0.717) is 5.56 Å². The normalized spacial score (nSPS) is 15.4. The molecule has 1 fully saturated rings. The molecule has 1 heterocycles. The number of phenols is 1. The van der Waals surface area contributed by atoms with E-state index in [4.69, 9.17) is 0 Å². The molecule has 0 atom stereocenters. The van der Waals surface area contributed by atoms with E-state index in [0.717, 1.165) is 37.3 Å². The summed E-state index contributed by atoms with van der Waals surface area (Å²) in [6.07, 6.45) is 5.20. The first-order valence-electron chi connectivity index (χ1n) is 9.51. The predicted molar refractivity (Wildman–Crippen MR) is 105 cm³/mol. The van der Waals surface area contributed by atoms with E-state index in [-0.39, 0.29) is 11.7 Å². The molecule has 0 unspecified atom stereocenters. The van der Waals surface area contributed by atoms with Crippen molar-refractivity contribution in [3.63, 3.8) is 0 Å². The third-order valence-electron chi connectivity index (χ3n) is 5.11. The Labute approximate surface area is 156 Å². The van der Waals surface area contributed by atoms with Crippen LogP contribution in [0.1, 0.15) is 36.0 Å². The van der Waals surface area contributed by atoms with Crippen LogP contribution in [0.25, 0.3) is 11.1 Å². The Balaban J connectivity index is 1.63. The van der Waals surface area contributed by atoms with Crippen LogP contribution in [0.2, 0.25) is 0 Å². The number of nitrogens with zero attached hydrogens (tertiary/aromatic N) is 2. The number of aromatic hydroxyl groups is 1. The van der Waals surface area contributed by atoms with Gasteiger partial charge in [-0.05, 0) is 61.3 Å². The summed E-state index contributed by atoms with van der Waals surface area (Å²) in [5, 5.41) is 9.44. The van der Waals surface area contributed by atoms with Gasteiger partial charge < -0.3 is 14.9 Å². The van der Waals surface area contributed by atoms with Crippen molar-refractivity contribution in [2.75, 3.05) is 33.2 Å². The van der Waals surface area contributed by atoms with Crippen LogP contribution in [-0.4, -0.2) is 54.0 Å². The van der Waals surface area contributed by atoms with Crippen LogP contribution in [0.4, 0.5) is 0 Å². The molecule has 2 aromatic carbocycles. The van der Waals surface area contributed by atoms with Gasteiger partial charge in [0.2, 0.25) is 0 Å². The molecule has 1 aliphatic heterocycles. The van der Waals surface area contributed by atoms with Crippen LogP contribution >= 0.6 is 0 Å². The minimum Gasteiger partial charge on any atom is -0.508 e. The van der Waals surface area contributed by atoms with Gasteiger partial charge in [0, 0.05) is 25.7 Å². The highest BCUT2D eigenvalue weighted by atomic mass is 16.3. The second kappa shape index (κ2) is 8.86. The third-order valence-corrected chi connectivity index (χ3v) is 5.11. The lowest BCUT2D eigenvalue weighted by atomic mass is 10.0. The smallest absolute Gasteiger partial charge is 0.253 e. The third kappa shape index (κ3) is 4.85. The fourth-order valence-electron chi connectivity index (χ4n) is 3.46. The molecule has 2 aromatic rings. The van der Waals surface area contributed by atoms with Crippen LogP contribution in [0.15, 0.2) is 48.5 Å². The van der Waals surface area contributed by atoms with Crippen LogP contribution in [-0.2, 0) is 0 Å². The highest BCUT2D eigenvalue weighted by Crippen LogP contribution is 2.23. The van der Waals surface area contributed by atoms with Crippen molar-refractivity contribution in [2.45, 2.75) is 25.7 Å². The van der Waals surface area contributed by atoms with Crippen molar-refractivity contribution in [3.05, 3.63) is 54.1 Å². The molecule has 1 amide bonds. The quantitative estimate of drug-likeness (QED) is 0.884. The number of carbonyl (C=O) groups excluding carboxylic acids is 1. The van der Waals surface area contributed by atoms with Crippen molar-refractivity contribution in [2.24, 2.45) is 0 Å². The van der Waals surface area contributed by atoms with Gasteiger partial charge in [0.05, 0.1) is 0 Å². The topological polar surface area (TPSA) is 43.8 Å². The van der Waals surface area contributed by atoms with Crippen molar-refractivity contribution in [3.8, 4) is 16.9 Å². The van der Waals surface area contributed by atoms with Crippen molar-refractivity contribution in [1.29, 1.82) is 0 Å². The number of hydrogen-bond donors (Lipinski definition) is 1. The lowest BCUT2D eigenvalue weighted by Gasteiger charge is -2.24. The van der Waals surface area contributed by atoms with Crippen molar-refractivity contribution < 1.29 is 9.90 Å². The predicted octanol–water partition coefficient (Wildman–Crippen LogP) is 4.01. The molecule has 0 aliphatic carbocycles. The molecule has 3 rings (SSSR count). The van der Waals surface area contributed by atoms with Gasteiger partial charge in [-0.3, -0.25) is 4.79 Å². The van der Waals surface area contributed by atoms with E-state index in [2.05, 4.69) is 4.90 Å². The first kappa shape index (κ1) is 18.5. The monoisotopic (exact) mass is 352 g/mol. The molecule has 1 N–H and O–H groups in total. The van der Waals surface area contributed by atoms with Crippen LogP contribution in [0, 0.1) is 0 Å². The summed E-state index contributed by atoms with van der Waals surface area (Å²) < 4.78 is 0. The highest BCUT2D eigenvalue weighted by Gasteiger charge is 2.15. The Kier molecular flexibility index (Phi) is 6.29. The maximum absolute atomic E-state index is 12.8. The number of hydrogen-bond acceptors (Lipinski definition) is 3. The summed E-state index contributed by atoms with van der Waals surface area (Å²) in [7, 11) is 1.88. The summed E-state index contributed by atoms with van der Waals surface area (Å²) in [5.74, 6) is 0.301. The van der Waals surface area contributed by atoms with E-state index in [1.54, 1.807) is 12.1 Å². The van der Waals surface area contributed by atoms with Crippen molar-refractivity contribution in [1.82, 2.24) is 9.80 Å². The Bertz CT molecular complexity index is 719. The largest absolute Gasteiger partial charge is 0.508 e. The van der Waals surface area contributed by atoms with Gasteiger partial charge in [0.15, 0.2) is 0 Å². The van der Waals surface area contributed by atoms with E-state index >= 15 is 0 Å². The van der Waals surface area contributed by atoms with Gasteiger partial charge in [0.1, 0.15) is 5.75 Å². The van der Waals surface area contributed by atoms with E-state index in [9.17, 15) is 9.90 Å². The first-order valence-corrected chi connectivity index (χ1v) is 9.51. The molecular formula is C22H28N2O2.